The van der Waals surface area contributed by atoms with Gasteiger partial charge in [0.15, 0.2) is 5.65 Å². The first-order valence-corrected chi connectivity index (χ1v) is 10.8. The molecule has 0 radical (unpaired) electrons. The highest BCUT2D eigenvalue weighted by molar-refractivity contribution is 6.39. The molecule has 0 spiro atoms. The number of pyridine rings is 3. The quantitative estimate of drug-likeness (QED) is 0.263. The number of amides is 1. The molecule has 15 heteroatoms. The minimum absolute atomic E-state index is 0.0541. The lowest BCUT2D eigenvalue weighted by atomic mass is 10.2. The lowest BCUT2D eigenvalue weighted by Crippen LogP contribution is -2.17. The molecule has 0 aromatic carbocycles. The van der Waals surface area contributed by atoms with E-state index in [2.05, 4.69) is 35.6 Å². The Kier molecular flexibility index (Phi) is 7.43. The lowest BCUT2D eigenvalue weighted by Gasteiger charge is -2.11. The van der Waals surface area contributed by atoms with E-state index in [4.69, 9.17) is 32.7 Å². The normalized spacial score (nSPS) is 11.5. The molecule has 36 heavy (non-hydrogen) atoms. The van der Waals surface area contributed by atoms with Crippen LogP contribution in [-0.2, 0) is 10.9 Å². The summed E-state index contributed by atoms with van der Waals surface area (Å²) in [5, 5.41) is 5.74. The summed E-state index contributed by atoms with van der Waals surface area (Å²) < 4.78 is 49.6. The minimum Gasteiger partial charge on any atom is -0.475 e. The predicted octanol–water partition coefficient (Wildman–Crippen LogP) is 5.09. The van der Waals surface area contributed by atoms with E-state index in [9.17, 15) is 18.0 Å². The summed E-state index contributed by atoms with van der Waals surface area (Å²) in [4.78, 5) is 32.2. The lowest BCUT2D eigenvalue weighted by molar-refractivity contribution is -0.137. The van der Waals surface area contributed by atoms with E-state index in [1.807, 2.05) is 0 Å². The molecular formula is C21H16Cl2F3N7O3. The predicted molar refractivity (Wildman–Crippen MR) is 126 cm³/mol. The summed E-state index contributed by atoms with van der Waals surface area (Å²) in [5.74, 6) is -1.00. The highest BCUT2D eigenvalue weighted by atomic mass is 35.5. The summed E-state index contributed by atoms with van der Waals surface area (Å²) in [6.45, 7) is 0.253. The SMILES string of the molecule is COCCOc1nc2[nH]c(Nc3c(Cl)cncc3Cl)nc2cc1C(=O)Nc1cc(C(F)(F)F)ccn1. The Bertz CT molecular complexity index is 1400. The first-order chi connectivity index (χ1) is 17.2. The number of rotatable bonds is 8. The molecule has 0 aliphatic carbocycles. The number of hydrogen-bond acceptors (Lipinski definition) is 8. The minimum atomic E-state index is -4.60. The molecule has 0 saturated heterocycles. The van der Waals surface area contributed by atoms with Crippen molar-refractivity contribution in [2.24, 2.45) is 0 Å². The fourth-order valence-corrected chi connectivity index (χ4v) is 3.44. The van der Waals surface area contributed by atoms with Crippen molar-refractivity contribution in [2.75, 3.05) is 31.0 Å². The second-order valence-corrected chi connectivity index (χ2v) is 7.93. The Morgan fingerprint density at radius 1 is 1.14 bits per heavy atom. The average molecular weight is 542 g/mol. The fraction of sp³-hybridized carbons (Fsp3) is 0.190. The second-order valence-electron chi connectivity index (χ2n) is 7.12. The smallest absolute Gasteiger partial charge is 0.416 e. The molecule has 0 bridgehead atoms. The number of ether oxygens (including phenoxy) is 2. The Morgan fingerprint density at radius 3 is 2.58 bits per heavy atom. The van der Waals surface area contributed by atoms with Gasteiger partial charge in [0.05, 0.1) is 27.9 Å². The second kappa shape index (κ2) is 10.5. The maximum absolute atomic E-state index is 13.0. The van der Waals surface area contributed by atoms with Crippen LogP contribution in [0.1, 0.15) is 15.9 Å². The van der Waals surface area contributed by atoms with Gasteiger partial charge in [0.25, 0.3) is 5.91 Å². The van der Waals surface area contributed by atoms with Gasteiger partial charge in [0, 0.05) is 25.7 Å². The van der Waals surface area contributed by atoms with Crippen LogP contribution in [0.2, 0.25) is 10.0 Å². The number of carbonyl (C=O) groups is 1. The Labute approximate surface area is 211 Å². The number of fused-ring (bicyclic) bond motifs is 1. The number of alkyl halides is 3. The molecule has 188 valence electrons. The van der Waals surface area contributed by atoms with Crippen molar-refractivity contribution in [1.29, 1.82) is 0 Å². The molecule has 4 aromatic rings. The monoisotopic (exact) mass is 541 g/mol. The largest absolute Gasteiger partial charge is 0.475 e. The van der Waals surface area contributed by atoms with E-state index < -0.39 is 17.6 Å². The van der Waals surface area contributed by atoms with Crippen molar-refractivity contribution in [3.05, 3.63) is 58.0 Å². The first kappa shape index (κ1) is 25.4. The topological polar surface area (TPSA) is 127 Å². The number of anilines is 3. The van der Waals surface area contributed by atoms with Gasteiger partial charge < -0.3 is 25.1 Å². The summed E-state index contributed by atoms with van der Waals surface area (Å²) in [6.07, 6.45) is -0.876. The standard InChI is InChI=1S/C21H16Cl2F3N7O3/c1-35-4-5-36-19-11(18(34)30-15-6-10(2-3-28-15)21(24,25)26)7-14-17(32-19)33-20(29-14)31-16-12(22)8-27-9-13(16)23/h2-3,6-9H,4-5H2,1H3,(H,28,30,34)(H2,27,29,31,32,33). The number of methoxy groups -OCH3 is 1. The number of hydrogen-bond donors (Lipinski definition) is 3. The molecule has 0 unspecified atom stereocenters. The van der Waals surface area contributed by atoms with Crippen LogP contribution in [-0.4, -0.2) is 51.2 Å². The van der Waals surface area contributed by atoms with Crippen LogP contribution in [0, 0.1) is 0 Å². The molecule has 1 amide bonds. The van der Waals surface area contributed by atoms with Gasteiger partial charge in [-0.05, 0) is 18.2 Å². The Morgan fingerprint density at radius 2 is 1.89 bits per heavy atom. The third-order valence-corrected chi connectivity index (χ3v) is 5.21. The molecule has 0 saturated carbocycles. The number of nitrogens with zero attached hydrogens (tertiary/aromatic N) is 4. The zero-order valence-electron chi connectivity index (χ0n) is 18.3. The average Bonchev–Trinajstić information content (AvgIpc) is 3.22. The van der Waals surface area contributed by atoms with Gasteiger partial charge in [0.1, 0.15) is 23.5 Å². The van der Waals surface area contributed by atoms with Gasteiger partial charge >= 0.3 is 6.18 Å². The van der Waals surface area contributed by atoms with Crippen molar-refractivity contribution >= 4 is 57.7 Å². The maximum Gasteiger partial charge on any atom is 0.416 e. The number of halogens is 5. The zero-order valence-corrected chi connectivity index (χ0v) is 19.8. The van der Waals surface area contributed by atoms with Crippen molar-refractivity contribution in [2.45, 2.75) is 6.18 Å². The van der Waals surface area contributed by atoms with Crippen LogP contribution >= 0.6 is 23.2 Å². The van der Waals surface area contributed by atoms with E-state index in [-0.39, 0.29) is 57.6 Å². The third-order valence-electron chi connectivity index (χ3n) is 4.63. The molecule has 4 heterocycles. The van der Waals surface area contributed by atoms with Gasteiger partial charge in [-0.1, -0.05) is 23.2 Å². The number of imidazole rings is 1. The molecule has 0 fully saturated rings. The van der Waals surface area contributed by atoms with Crippen LogP contribution in [0.25, 0.3) is 11.2 Å². The van der Waals surface area contributed by atoms with Crippen LogP contribution in [0.5, 0.6) is 5.88 Å². The number of carbonyl (C=O) groups excluding carboxylic acids is 1. The summed E-state index contributed by atoms with van der Waals surface area (Å²) in [5.41, 5.74) is -0.206. The molecule has 10 nitrogen and oxygen atoms in total. The van der Waals surface area contributed by atoms with Gasteiger partial charge in [0.2, 0.25) is 11.8 Å². The van der Waals surface area contributed by atoms with E-state index >= 15 is 0 Å². The zero-order chi connectivity index (χ0) is 25.9. The number of nitrogens with one attached hydrogen (secondary N) is 3. The van der Waals surface area contributed by atoms with E-state index in [1.165, 1.54) is 25.6 Å². The maximum atomic E-state index is 13.0. The molecule has 0 aliphatic rings. The van der Waals surface area contributed by atoms with Crippen molar-refractivity contribution < 1.29 is 27.4 Å². The van der Waals surface area contributed by atoms with E-state index in [0.717, 1.165) is 12.3 Å². The summed E-state index contributed by atoms with van der Waals surface area (Å²) in [7, 11) is 1.47. The van der Waals surface area contributed by atoms with Crippen LogP contribution < -0.4 is 15.4 Å². The summed E-state index contributed by atoms with van der Waals surface area (Å²) in [6, 6.07) is 2.88. The highest BCUT2D eigenvalue weighted by Gasteiger charge is 2.31. The number of H-pyrrole nitrogens is 1. The van der Waals surface area contributed by atoms with Crippen LogP contribution in [0.3, 0.4) is 0 Å². The molecule has 0 atom stereocenters. The molecule has 0 aliphatic heterocycles. The fourth-order valence-electron chi connectivity index (χ4n) is 2.99. The highest BCUT2D eigenvalue weighted by Crippen LogP contribution is 2.32. The van der Waals surface area contributed by atoms with Crippen molar-refractivity contribution in [3.8, 4) is 5.88 Å². The van der Waals surface area contributed by atoms with Crippen LogP contribution in [0.15, 0.2) is 36.8 Å². The molecule has 3 N–H and O–H groups in total. The Hall–Kier alpha value is -3.68. The van der Waals surface area contributed by atoms with Gasteiger partial charge in [-0.25, -0.2) is 9.97 Å². The van der Waals surface area contributed by atoms with Gasteiger partial charge in [-0.2, -0.15) is 18.2 Å². The third kappa shape index (κ3) is 5.75. The van der Waals surface area contributed by atoms with E-state index in [1.54, 1.807) is 0 Å². The first-order valence-electron chi connectivity index (χ1n) is 10.1. The molecule has 4 aromatic heterocycles. The number of aromatic amines is 1. The van der Waals surface area contributed by atoms with E-state index in [0.29, 0.717) is 11.8 Å². The van der Waals surface area contributed by atoms with Gasteiger partial charge in [-0.15, -0.1) is 0 Å². The van der Waals surface area contributed by atoms with Gasteiger partial charge in [-0.3, -0.25) is 9.78 Å². The van der Waals surface area contributed by atoms with Crippen molar-refractivity contribution in [1.82, 2.24) is 24.9 Å². The Balaban J connectivity index is 1.67. The number of aromatic nitrogens is 5. The van der Waals surface area contributed by atoms with Crippen molar-refractivity contribution in [3.63, 3.8) is 0 Å². The van der Waals surface area contributed by atoms with Crippen LogP contribution in [0.4, 0.5) is 30.6 Å². The molecule has 4 rings (SSSR count). The summed E-state index contributed by atoms with van der Waals surface area (Å²) >= 11 is 12.3. The molecular weight excluding hydrogens is 526 g/mol.